The van der Waals surface area contributed by atoms with Crippen LogP contribution in [-0.4, -0.2) is 24.6 Å². The van der Waals surface area contributed by atoms with Crippen molar-refractivity contribution in [1.82, 2.24) is 0 Å². The maximum absolute atomic E-state index is 12.6. The van der Waals surface area contributed by atoms with Crippen molar-refractivity contribution >= 4 is 18.0 Å². The lowest BCUT2D eigenvalue weighted by atomic mass is 9.63. The van der Waals surface area contributed by atoms with Crippen molar-refractivity contribution in [3.05, 3.63) is 47.6 Å². The number of esters is 1. The minimum Gasteiger partial charge on any atom is -0.463 e. The molecule has 1 fully saturated rings. The standard InChI is InChI=1S/C29H40O4/c1-5-6-9-16-33-27(32)11-8-7-10-20(2)23-14-15-29(4)18-24-21(3)17-26(31)28(24)22(19-30)12-13-25(23)29/h7-8,10-12,17,19-20,23-25,28H,5-6,9,13-16,18H2,1-4H3/b10-7-,11-8-,22-12-/t20-,23+,24+,25-,28-,29+/m0/s1. The Kier molecular flexibility index (Phi) is 8.67. The number of ether oxygens (including phenoxy) is 1. The van der Waals surface area contributed by atoms with Gasteiger partial charge in [0.15, 0.2) is 5.78 Å². The highest BCUT2D eigenvalue weighted by atomic mass is 16.5. The van der Waals surface area contributed by atoms with Gasteiger partial charge in [-0.15, -0.1) is 0 Å². The molecule has 0 radical (unpaired) electrons. The molecule has 0 saturated heterocycles. The molecule has 0 aromatic heterocycles. The van der Waals surface area contributed by atoms with E-state index in [4.69, 9.17) is 4.74 Å². The van der Waals surface area contributed by atoms with E-state index in [1.807, 2.05) is 13.0 Å². The second-order valence-corrected chi connectivity index (χ2v) is 10.6. The van der Waals surface area contributed by atoms with Gasteiger partial charge in [-0.3, -0.25) is 9.59 Å². The molecule has 33 heavy (non-hydrogen) atoms. The molecule has 1 saturated carbocycles. The molecular weight excluding hydrogens is 412 g/mol. The van der Waals surface area contributed by atoms with E-state index in [9.17, 15) is 14.4 Å². The molecule has 3 aliphatic rings. The SMILES string of the molecule is CCCCCOC(=O)/C=C\C=C/[C@H](C)[C@H]1CC[C@]2(C)C[C@@H]3C(C)=CC(=O)[C@H]3/C(C=O)=C\C[C@@H]12. The molecule has 6 atom stereocenters. The van der Waals surface area contributed by atoms with E-state index in [0.717, 1.165) is 56.8 Å². The second kappa shape index (κ2) is 11.3. The summed E-state index contributed by atoms with van der Waals surface area (Å²) in [6.45, 7) is 9.29. The summed E-state index contributed by atoms with van der Waals surface area (Å²) in [7, 11) is 0. The molecule has 3 aliphatic carbocycles. The average molecular weight is 453 g/mol. The van der Waals surface area contributed by atoms with Gasteiger partial charge in [0.05, 0.1) is 12.5 Å². The first-order chi connectivity index (χ1) is 15.8. The largest absolute Gasteiger partial charge is 0.463 e. The topological polar surface area (TPSA) is 60.4 Å². The Morgan fingerprint density at radius 3 is 2.82 bits per heavy atom. The lowest BCUT2D eigenvalue weighted by Crippen LogP contribution is -2.34. The van der Waals surface area contributed by atoms with E-state index in [-0.39, 0.29) is 29.0 Å². The zero-order chi connectivity index (χ0) is 24.0. The number of hydrogen-bond donors (Lipinski definition) is 0. The van der Waals surface area contributed by atoms with Crippen LogP contribution >= 0.6 is 0 Å². The number of carbonyl (C=O) groups excluding carboxylic acids is 3. The summed E-state index contributed by atoms with van der Waals surface area (Å²) in [6.07, 6.45) is 19.4. The highest BCUT2D eigenvalue weighted by molar-refractivity contribution is 6.01. The summed E-state index contributed by atoms with van der Waals surface area (Å²) in [6, 6.07) is 0. The van der Waals surface area contributed by atoms with Crippen LogP contribution in [0.25, 0.3) is 0 Å². The predicted molar refractivity (Wildman–Crippen MR) is 131 cm³/mol. The molecule has 4 heteroatoms. The Morgan fingerprint density at radius 1 is 1.30 bits per heavy atom. The summed E-state index contributed by atoms with van der Waals surface area (Å²) in [5, 5.41) is 0. The normalized spacial score (nSPS) is 34.2. The van der Waals surface area contributed by atoms with Crippen LogP contribution in [0.2, 0.25) is 0 Å². The van der Waals surface area contributed by atoms with Crippen LogP contribution in [0.1, 0.15) is 72.6 Å². The molecule has 0 unspecified atom stereocenters. The fourth-order valence-corrected chi connectivity index (χ4v) is 6.40. The van der Waals surface area contributed by atoms with Gasteiger partial charge in [-0.25, -0.2) is 4.79 Å². The molecule has 0 aliphatic heterocycles. The minimum atomic E-state index is -0.285. The van der Waals surface area contributed by atoms with Crippen LogP contribution in [0.4, 0.5) is 0 Å². The molecule has 0 aromatic carbocycles. The first kappa shape index (κ1) is 25.4. The summed E-state index contributed by atoms with van der Waals surface area (Å²) >= 11 is 0. The molecule has 0 amide bonds. The van der Waals surface area contributed by atoms with Crippen molar-refractivity contribution in [3.63, 3.8) is 0 Å². The third kappa shape index (κ3) is 5.83. The van der Waals surface area contributed by atoms with E-state index < -0.39 is 0 Å². The molecule has 180 valence electrons. The van der Waals surface area contributed by atoms with Crippen LogP contribution in [0.5, 0.6) is 0 Å². The summed E-state index contributed by atoms with van der Waals surface area (Å²) in [4.78, 5) is 36.2. The molecular formula is C29H40O4. The van der Waals surface area contributed by atoms with Gasteiger partial charge in [-0.2, -0.15) is 0 Å². The van der Waals surface area contributed by atoms with Crippen LogP contribution in [0, 0.1) is 35.0 Å². The first-order valence-corrected chi connectivity index (χ1v) is 12.7. The van der Waals surface area contributed by atoms with Crippen molar-refractivity contribution in [3.8, 4) is 0 Å². The number of allylic oxidation sites excluding steroid dienone is 7. The van der Waals surface area contributed by atoms with Crippen LogP contribution in [-0.2, 0) is 19.1 Å². The molecule has 3 rings (SSSR count). The van der Waals surface area contributed by atoms with Gasteiger partial charge in [0.2, 0.25) is 0 Å². The third-order valence-electron chi connectivity index (χ3n) is 8.34. The molecule has 0 aromatic rings. The van der Waals surface area contributed by atoms with Crippen molar-refractivity contribution < 1.29 is 19.1 Å². The number of aldehydes is 1. The Labute approximate surface area is 199 Å². The smallest absolute Gasteiger partial charge is 0.330 e. The number of fused-ring (bicyclic) bond motifs is 2. The lowest BCUT2D eigenvalue weighted by Gasteiger charge is -2.40. The number of hydrogen-bond acceptors (Lipinski definition) is 4. The summed E-state index contributed by atoms with van der Waals surface area (Å²) in [5.74, 6) is 1.05. The number of unbranched alkanes of at least 4 members (excludes halogenated alkanes) is 2. The number of ketones is 1. The van der Waals surface area contributed by atoms with Gasteiger partial charge >= 0.3 is 5.97 Å². The fraction of sp³-hybridized carbons (Fsp3) is 0.621. The van der Waals surface area contributed by atoms with E-state index in [1.54, 1.807) is 12.2 Å². The molecule has 4 nitrogen and oxygen atoms in total. The van der Waals surface area contributed by atoms with E-state index >= 15 is 0 Å². The summed E-state index contributed by atoms with van der Waals surface area (Å²) < 4.78 is 5.21. The molecule has 0 bridgehead atoms. The van der Waals surface area contributed by atoms with Crippen molar-refractivity contribution in [2.24, 2.45) is 35.0 Å². The zero-order valence-corrected chi connectivity index (χ0v) is 20.7. The van der Waals surface area contributed by atoms with Gasteiger partial charge < -0.3 is 4.74 Å². The maximum Gasteiger partial charge on any atom is 0.330 e. The lowest BCUT2D eigenvalue weighted by molar-refractivity contribution is -0.137. The highest BCUT2D eigenvalue weighted by Crippen LogP contribution is 2.58. The van der Waals surface area contributed by atoms with Gasteiger partial charge in [-0.05, 0) is 79.8 Å². The van der Waals surface area contributed by atoms with E-state index in [1.165, 1.54) is 6.08 Å². The van der Waals surface area contributed by atoms with Gasteiger partial charge in [0.25, 0.3) is 0 Å². The monoisotopic (exact) mass is 452 g/mol. The number of rotatable bonds is 9. The highest BCUT2D eigenvalue weighted by Gasteiger charge is 2.50. The fourth-order valence-electron chi connectivity index (χ4n) is 6.40. The van der Waals surface area contributed by atoms with Crippen molar-refractivity contribution in [2.75, 3.05) is 6.61 Å². The zero-order valence-electron chi connectivity index (χ0n) is 20.7. The second-order valence-electron chi connectivity index (χ2n) is 10.6. The van der Waals surface area contributed by atoms with Gasteiger partial charge in [0.1, 0.15) is 6.29 Å². The maximum atomic E-state index is 12.6. The number of carbonyl (C=O) groups is 3. The Hall–Kier alpha value is -2.23. The predicted octanol–water partition coefficient (Wildman–Crippen LogP) is 6.18. The Bertz CT molecular complexity index is 861. The van der Waals surface area contributed by atoms with Gasteiger partial charge in [0, 0.05) is 6.08 Å². The Morgan fingerprint density at radius 2 is 2.09 bits per heavy atom. The van der Waals surface area contributed by atoms with Crippen molar-refractivity contribution in [1.29, 1.82) is 0 Å². The van der Waals surface area contributed by atoms with Crippen LogP contribution < -0.4 is 0 Å². The Balaban J connectivity index is 1.66. The van der Waals surface area contributed by atoms with Crippen molar-refractivity contribution in [2.45, 2.75) is 72.6 Å². The third-order valence-corrected chi connectivity index (χ3v) is 8.34. The van der Waals surface area contributed by atoms with E-state index in [0.29, 0.717) is 29.9 Å². The van der Waals surface area contributed by atoms with E-state index in [2.05, 4.69) is 32.9 Å². The first-order valence-electron chi connectivity index (χ1n) is 12.7. The van der Waals surface area contributed by atoms with Crippen LogP contribution in [0.3, 0.4) is 0 Å². The molecule has 0 spiro atoms. The summed E-state index contributed by atoms with van der Waals surface area (Å²) in [5.41, 5.74) is 1.97. The molecule has 0 heterocycles. The van der Waals surface area contributed by atoms with Crippen LogP contribution in [0.15, 0.2) is 47.6 Å². The van der Waals surface area contributed by atoms with Gasteiger partial charge in [-0.1, -0.05) is 63.5 Å². The quantitative estimate of drug-likeness (QED) is 0.138. The minimum absolute atomic E-state index is 0.0967. The molecule has 0 N–H and O–H groups in total. The average Bonchev–Trinajstić information content (AvgIpc) is 3.23.